The third-order valence-electron chi connectivity index (χ3n) is 4.30. The Morgan fingerprint density at radius 1 is 1.22 bits per heavy atom. The Bertz CT molecular complexity index is 322. The van der Waals surface area contributed by atoms with Crippen molar-refractivity contribution in [2.24, 2.45) is 5.92 Å². The second kappa shape index (κ2) is 5.72. The van der Waals surface area contributed by atoms with Crippen molar-refractivity contribution < 1.29 is 9.59 Å². The molecule has 0 spiro atoms. The predicted molar refractivity (Wildman–Crippen MR) is 70.0 cm³/mol. The summed E-state index contributed by atoms with van der Waals surface area (Å²) in [6.07, 6.45) is 7.10. The van der Waals surface area contributed by atoms with Crippen LogP contribution in [-0.2, 0) is 9.59 Å². The number of rotatable bonds is 3. The maximum absolute atomic E-state index is 12.1. The topological polar surface area (TPSA) is 49.4 Å². The molecular weight excluding hydrogens is 228 g/mol. The monoisotopic (exact) mass is 252 g/mol. The van der Waals surface area contributed by atoms with E-state index in [0.29, 0.717) is 6.04 Å². The SMILES string of the molecule is CCCC1CCC(N2CC(=O)NC(C)C2=O)CC1. The van der Waals surface area contributed by atoms with Crippen LogP contribution in [0.4, 0.5) is 0 Å². The lowest BCUT2D eigenvalue weighted by Gasteiger charge is -2.40. The minimum Gasteiger partial charge on any atom is -0.343 e. The average Bonchev–Trinajstić information content (AvgIpc) is 2.35. The minimum absolute atomic E-state index is 0.0159. The predicted octanol–water partition coefficient (Wildman–Crippen LogP) is 1.69. The summed E-state index contributed by atoms with van der Waals surface area (Å²) in [5, 5.41) is 2.70. The summed E-state index contributed by atoms with van der Waals surface area (Å²) in [6.45, 7) is 4.26. The van der Waals surface area contributed by atoms with E-state index in [1.807, 2.05) is 4.90 Å². The zero-order valence-electron chi connectivity index (χ0n) is 11.4. The van der Waals surface area contributed by atoms with Crippen molar-refractivity contribution in [2.75, 3.05) is 6.54 Å². The van der Waals surface area contributed by atoms with Gasteiger partial charge in [-0.3, -0.25) is 9.59 Å². The highest BCUT2D eigenvalue weighted by Gasteiger charge is 2.35. The number of hydrogen-bond donors (Lipinski definition) is 1. The van der Waals surface area contributed by atoms with E-state index >= 15 is 0 Å². The van der Waals surface area contributed by atoms with Crippen LogP contribution in [0.2, 0.25) is 0 Å². The molecule has 1 unspecified atom stereocenters. The molecule has 0 aromatic rings. The molecule has 4 heteroatoms. The smallest absolute Gasteiger partial charge is 0.245 e. The molecule has 1 atom stereocenters. The Hall–Kier alpha value is -1.06. The lowest BCUT2D eigenvalue weighted by molar-refractivity contribution is -0.146. The van der Waals surface area contributed by atoms with E-state index in [-0.39, 0.29) is 24.4 Å². The van der Waals surface area contributed by atoms with Crippen LogP contribution in [0.15, 0.2) is 0 Å². The van der Waals surface area contributed by atoms with Gasteiger partial charge in [0.2, 0.25) is 11.8 Å². The van der Waals surface area contributed by atoms with E-state index in [1.165, 1.54) is 25.7 Å². The molecule has 0 aromatic heterocycles. The molecule has 0 bridgehead atoms. The zero-order chi connectivity index (χ0) is 13.1. The van der Waals surface area contributed by atoms with Crippen LogP contribution < -0.4 is 5.32 Å². The second-order valence-corrected chi connectivity index (χ2v) is 5.72. The number of piperazine rings is 1. The van der Waals surface area contributed by atoms with Crippen LogP contribution in [-0.4, -0.2) is 35.3 Å². The van der Waals surface area contributed by atoms with Crippen molar-refractivity contribution in [1.82, 2.24) is 10.2 Å². The third-order valence-corrected chi connectivity index (χ3v) is 4.30. The summed E-state index contributed by atoms with van der Waals surface area (Å²) in [5.74, 6) is 0.906. The van der Waals surface area contributed by atoms with Gasteiger partial charge < -0.3 is 10.2 Å². The molecule has 1 aliphatic carbocycles. The lowest BCUT2D eigenvalue weighted by atomic mass is 9.82. The molecule has 2 amide bonds. The molecule has 18 heavy (non-hydrogen) atoms. The lowest BCUT2D eigenvalue weighted by Crippen LogP contribution is -2.60. The van der Waals surface area contributed by atoms with Gasteiger partial charge >= 0.3 is 0 Å². The number of nitrogens with one attached hydrogen (secondary N) is 1. The van der Waals surface area contributed by atoms with Crippen LogP contribution >= 0.6 is 0 Å². The van der Waals surface area contributed by atoms with Gasteiger partial charge in [0.25, 0.3) is 0 Å². The molecule has 0 aromatic carbocycles. The molecule has 4 nitrogen and oxygen atoms in total. The van der Waals surface area contributed by atoms with Gasteiger partial charge in [-0.05, 0) is 38.5 Å². The normalized spacial score (nSPS) is 33.4. The highest BCUT2D eigenvalue weighted by atomic mass is 16.2. The Morgan fingerprint density at radius 2 is 1.89 bits per heavy atom. The first-order valence-corrected chi connectivity index (χ1v) is 7.21. The number of carbonyl (C=O) groups is 2. The fourth-order valence-corrected chi connectivity index (χ4v) is 3.29. The quantitative estimate of drug-likeness (QED) is 0.831. The van der Waals surface area contributed by atoms with Crippen molar-refractivity contribution in [2.45, 2.75) is 64.5 Å². The van der Waals surface area contributed by atoms with E-state index in [4.69, 9.17) is 0 Å². The molecular formula is C14H24N2O2. The van der Waals surface area contributed by atoms with Gasteiger partial charge in [0.15, 0.2) is 0 Å². The van der Waals surface area contributed by atoms with Gasteiger partial charge in [-0.25, -0.2) is 0 Å². The first kappa shape index (κ1) is 13.4. The molecule has 1 N–H and O–H groups in total. The summed E-state index contributed by atoms with van der Waals surface area (Å²) in [7, 11) is 0. The van der Waals surface area contributed by atoms with Crippen LogP contribution in [0, 0.1) is 5.92 Å². The van der Waals surface area contributed by atoms with Gasteiger partial charge in [-0.15, -0.1) is 0 Å². The van der Waals surface area contributed by atoms with Crippen molar-refractivity contribution in [3.8, 4) is 0 Å². The molecule has 1 heterocycles. The summed E-state index contributed by atoms with van der Waals surface area (Å²) < 4.78 is 0. The third kappa shape index (κ3) is 2.85. The second-order valence-electron chi connectivity index (χ2n) is 5.72. The molecule has 2 rings (SSSR count). The van der Waals surface area contributed by atoms with Crippen LogP contribution in [0.3, 0.4) is 0 Å². The van der Waals surface area contributed by atoms with Crippen LogP contribution in [0.1, 0.15) is 52.4 Å². The van der Waals surface area contributed by atoms with Gasteiger partial charge in [0, 0.05) is 6.04 Å². The molecule has 102 valence electrons. The minimum atomic E-state index is -0.348. The van der Waals surface area contributed by atoms with Crippen LogP contribution in [0.25, 0.3) is 0 Å². The van der Waals surface area contributed by atoms with Crippen molar-refractivity contribution >= 4 is 11.8 Å². The fourth-order valence-electron chi connectivity index (χ4n) is 3.29. The Balaban J connectivity index is 1.92. The number of carbonyl (C=O) groups excluding carboxylic acids is 2. The molecule has 1 saturated heterocycles. The molecule has 2 fully saturated rings. The number of hydrogen-bond acceptors (Lipinski definition) is 2. The number of amides is 2. The standard InChI is InChI=1S/C14H24N2O2/c1-3-4-11-5-7-12(8-6-11)16-9-13(17)15-10(2)14(16)18/h10-12H,3-9H2,1-2H3,(H,15,17). The number of nitrogens with zero attached hydrogens (tertiary/aromatic N) is 1. The highest BCUT2D eigenvalue weighted by Crippen LogP contribution is 2.31. The van der Waals surface area contributed by atoms with Gasteiger partial charge in [-0.1, -0.05) is 19.8 Å². The largest absolute Gasteiger partial charge is 0.343 e. The maximum Gasteiger partial charge on any atom is 0.245 e. The van der Waals surface area contributed by atoms with E-state index in [1.54, 1.807) is 6.92 Å². The molecule has 2 aliphatic rings. The van der Waals surface area contributed by atoms with Crippen molar-refractivity contribution in [3.05, 3.63) is 0 Å². The Kier molecular flexibility index (Phi) is 4.25. The van der Waals surface area contributed by atoms with Crippen molar-refractivity contribution in [3.63, 3.8) is 0 Å². The van der Waals surface area contributed by atoms with Gasteiger partial charge in [-0.2, -0.15) is 0 Å². The van der Waals surface area contributed by atoms with Crippen molar-refractivity contribution in [1.29, 1.82) is 0 Å². The Labute approximate surface area is 109 Å². The molecule has 0 radical (unpaired) electrons. The fraction of sp³-hybridized carbons (Fsp3) is 0.857. The molecule has 1 aliphatic heterocycles. The first-order valence-electron chi connectivity index (χ1n) is 7.21. The van der Waals surface area contributed by atoms with Gasteiger partial charge in [0.1, 0.15) is 6.04 Å². The first-order chi connectivity index (χ1) is 8.61. The van der Waals surface area contributed by atoms with E-state index in [2.05, 4.69) is 12.2 Å². The summed E-state index contributed by atoms with van der Waals surface area (Å²) in [4.78, 5) is 25.4. The maximum atomic E-state index is 12.1. The van der Waals surface area contributed by atoms with E-state index in [0.717, 1.165) is 18.8 Å². The molecule has 1 saturated carbocycles. The van der Waals surface area contributed by atoms with Gasteiger partial charge in [0.05, 0.1) is 6.54 Å². The van der Waals surface area contributed by atoms with E-state index in [9.17, 15) is 9.59 Å². The summed E-state index contributed by atoms with van der Waals surface area (Å²) in [5.41, 5.74) is 0. The van der Waals surface area contributed by atoms with E-state index < -0.39 is 0 Å². The summed E-state index contributed by atoms with van der Waals surface area (Å²) >= 11 is 0. The summed E-state index contributed by atoms with van der Waals surface area (Å²) in [6, 6.07) is -0.0567. The Morgan fingerprint density at radius 3 is 2.50 bits per heavy atom. The average molecular weight is 252 g/mol. The zero-order valence-corrected chi connectivity index (χ0v) is 11.4. The highest BCUT2D eigenvalue weighted by molar-refractivity contribution is 5.94. The van der Waals surface area contributed by atoms with Crippen LogP contribution in [0.5, 0.6) is 0 Å².